The zero-order chi connectivity index (χ0) is 15.8. The lowest BCUT2D eigenvalue weighted by Gasteiger charge is -2.22. The van der Waals surface area contributed by atoms with Crippen molar-refractivity contribution in [2.24, 2.45) is 5.92 Å². The highest BCUT2D eigenvalue weighted by Gasteiger charge is 2.37. The minimum absolute atomic E-state index is 0.0381. The molecule has 0 spiro atoms. The molecule has 2 N–H and O–H groups in total. The summed E-state index contributed by atoms with van der Waals surface area (Å²) in [7, 11) is -2.38. The third-order valence-corrected chi connectivity index (χ3v) is 5.80. The lowest BCUT2D eigenvalue weighted by atomic mass is 10.1. The SMILES string of the molecule is COC(=O)c1ccc(S(=O)(=O)N2CC(C)CC2C)c(N)c1. The van der Waals surface area contributed by atoms with Gasteiger partial charge < -0.3 is 10.5 Å². The van der Waals surface area contributed by atoms with Crippen LogP contribution >= 0.6 is 0 Å². The molecule has 0 bridgehead atoms. The van der Waals surface area contributed by atoms with Crippen molar-refractivity contribution in [1.29, 1.82) is 0 Å². The molecular weight excluding hydrogens is 292 g/mol. The minimum Gasteiger partial charge on any atom is -0.465 e. The molecule has 1 aromatic rings. The van der Waals surface area contributed by atoms with E-state index in [1.165, 1.54) is 29.6 Å². The number of rotatable bonds is 3. The van der Waals surface area contributed by atoms with Crippen LogP contribution in [0.5, 0.6) is 0 Å². The average Bonchev–Trinajstić information content (AvgIpc) is 2.77. The smallest absolute Gasteiger partial charge is 0.337 e. The first-order valence-electron chi connectivity index (χ1n) is 6.77. The molecule has 0 amide bonds. The van der Waals surface area contributed by atoms with Crippen LogP contribution < -0.4 is 5.73 Å². The first-order chi connectivity index (χ1) is 9.77. The highest BCUT2D eigenvalue weighted by atomic mass is 32.2. The van der Waals surface area contributed by atoms with Crippen molar-refractivity contribution in [3.05, 3.63) is 23.8 Å². The van der Waals surface area contributed by atoms with Crippen molar-refractivity contribution < 1.29 is 17.9 Å². The normalized spacial score (nSPS) is 23.2. The second-order valence-electron chi connectivity index (χ2n) is 5.51. The summed E-state index contributed by atoms with van der Waals surface area (Å²) >= 11 is 0. The number of methoxy groups -OCH3 is 1. The number of benzene rings is 1. The van der Waals surface area contributed by atoms with Crippen LogP contribution in [0.25, 0.3) is 0 Å². The van der Waals surface area contributed by atoms with Gasteiger partial charge in [-0.2, -0.15) is 4.31 Å². The Hall–Kier alpha value is -1.60. The van der Waals surface area contributed by atoms with E-state index in [0.29, 0.717) is 12.5 Å². The fraction of sp³-hybridized carbons (Fsp3) is 0.500. The fourth-order valence-electron chi connectivity index (χ4n) is 2.75. The number of hydrogen-bond acceptors (Lipinski definition) is 5. The second-order valence-corrected chi connectivity index (χ2v) is 7.37. The molecule has 7 heteroatoms. The molecule has 0 saturated carbocycles. The van der Waals surface area contributed by atoms with Gasteiger partial charge in [0.1, 0.15) is 4.90 Å². The molecule has 1 aromatic carbocycles. The van der Waals surface area contributed by atoms with E-state index < -0.39 is 16.0 Å². The molecule has 2 rings (SSSR count). The number of nitrogen functional groups attached to an aromatic ring is 1. The number of nitrogens with zero attached hydrogens (tertiary/aromatic N) is 1. The quantitative estimate of drug-likeness (QED) is 0.674. The first-order valence-corrected chi connectivity index (χ1v) is 8.21. The maximum atomic E-state index is 12.7. The molecule has 0 aliphatic carbocycles. The van der Waals surface area contributed by atoms with E-state index in [-0.39, 0.29) is 22.2 Å². The molecule has 21 heavy (non-hydrogen) atoms. The Morgan fingerprint density at radius 1 is 1.38 bits per heavy atom. The van der Waals surface area contributed by atoms with Gasteiger partial charge in [0.15, 0.2) is 0 Å². The summed E-state index contributed by atoms with van der Waals surface area (Å²) in [6.45, 7) is 4.40. The van der Waals surface area contributed by atoms with E-state index >= 15 is 0 Å². The van der Waals surface area contributed by atoms with Crippen LogP contribution in [0.15, 0.2) is 23.1 Å². The van der Waals surface area contributed by atoms with Gasteiger partial charge in [-0.15, -0.1) is 0 Å². The van der Waals surface area contributed by atoms with Crippen LogP contribution in [0.3, 0.4) is 0 Å². The molecule has 2 unspecified atom stereocenters. The predicted molar refractivity (Wildman–Crippen MR) is 79.3 cm³/mol. The number of esters is 1. The van der Waals surface area contributed by atoms with Crippen LogP contribution in [-0.2, 0) is 14.8 Å². The molecule has 6 nitrogen and oxygen atoms in total. The zero-order valence-electron chi connectivity index (χ0n) is 12.4. The van der Waals surface area contributed by atoms with Crippen molar-refractivity contribution in [2.75, 3.05) is 19.4 Å². The minimum atomic E-state index is -3.64. The highest BCUT2D eigenvalue weighted by Crippen LogP contribution is 2.31. The summed E-state index contributed by atoms with van der Waals surface area (Å²) in [5.74, 6) is -0.223. The Labute approximate surface area is 124 Å². The van der Waals surface area contributed by atoms with Crippen molar-refractivity contribution in [1.82, 2.24) is 4.31 Å². The van der Waals surface area contributed by atoms with Crippen LogP contribution in [0.2, 0.25) is 0 Å². The van der Waals surface area contributed by atoms with Crippen molar-refractivity contribution in [3.8, 4) is 0 Å². The molecule has 116 valence electrons. The van der Waals surface area contributed by atoms with Gasteiger partial charge in [-0.05, 0) is 37.5 Å². The van der Waals surface area contributed by atoms with E-state index in [4.69, 9.17) is 5.73 Å². The lowest BCUT2D eigenvalue weighted by molar-refractivity contribution is 0.0600. The molecule has 1 heterocycles. The van der Waals surface area contributed by atoms with Gasteiger partial charge >= 0.3 is 5.97 Å². The standard InChI is InChI=1S/C14H20N2O4S/c1-9-6-10(2)16(8-9)21(18,19)13-5-4-11(7-12(13)15)14(17)20-3/h4-5,7,9-10H,6,8,15H2,1-3H3. The van der Waals surface area contributed by atoms with Crippen molar-refractivity contribution in [3.63, 3.8) is 0 Å². The third-order valence-electron chi connectivity index (χ3n) is 3.74. The molecule has 1 aliphatic heterocycles. The van der Waals surface area contributed by atoms with Crippen molar-refractivity contribution >= 4 is 21.7 Å². The molecule has 1 saturated heterocycles. The molecule has 2 atom stereocenters. The average molecular weight is 312 g/mol. The Morgan fingerprint density at radius 2 is 2.05 bits per heavy atom. The topological polar surface area (TPSA) is 89.7 Å². The number of hydrogen-bond donors (Lipinski definition) is 1. The summed E-state index contributed by atoms with van der Waals surface area (Å²) < 4.78 is 31.5. The van der Waals surface area contributed by atoms with Crippen LogP contribution in [-0.4, -0.2) is 38.4 Å². The fourth-order valence-corrected chi connectivity index (χ4v) is 4.61. The van der Waals surface area contributed by atoms with E-state index in [0.717, 1.165) is 6.42 Å². The number of carbonyl (C=O) groups is 1. The van der Waals surface area contributed by atoms with Crippen molar-refractivity contribution in [2.45, 2.75) is 31.2 Å². The van der Waals surface area contributed by atoms with Gasteiger partial charge in [-0.3, -0.25) is 0 Å². The number of ether oxygens (including phenoxy) is 1. The van der Waals surface area contributed by atoms with Gasteiger partial charge in [0, 0.05) is 12.6 Å². The first kappa shape index (κ1) is 15.8. The van der Waals surface area contributed by atoms with Gasteiger partial charge in [-0.1, -0.05) is 6.92 Å². The van der Waals surface area contributed by atoms with Gasteiger partial charge in [0.05, 0.1) is 18.4 Å². The van der Waals surface area contributed by atoms with E-state index in [1.807, 2.05) is 13.8 Å². The van der Waals surface area contributed by atoms with Gasteiger partial charge in [0.2, 0.25) is 10.0 Å². The van der Waals surface area contributed by atoms with Crippen LogP contribution in [0.4, 0.5) is 5.69 Å². The number of anilines is 1. The van der Waals surface area contributed by atoms with E-state index in [9.17, 15) is 13.2 Å². The zero-order valence-corrected chi connectivity index (χ0v) is 13.2. The Bertz CT molecular complexity index is 657. The summed E-state index contributed by atoms with van der Waals surface area (Å²) in [5, 5.41) is 0. The summed E-state index contributed by atoms with van der Waals surface area (Å²) in [6, 6.07) is 4.07. The molecule has 1 aliphatic rings. The monoisotopic (exact) mass is 312 g/mol. The summed E-state index contributed by atoms with van der Waals surface area (Å²) in [4.78, 5) is 11.5. The molecule has 0 radical (unpaired) electrons. The molecular formula is C14H20N2O4S. The third kappa shape index (κ3) is 2.89. The van der Waals surface area contributed by atoms with Crippen LogP contribution in [0.1, 0.15) is 30.6 Å². The predicted octanol–water partition coefficient (Wildman–Crippen LogP) is 1.47. The van der Waals surface area contributed by atoms with Gasteiger partial charge in [0.25, 0.3) is 0 Å². The highest BCUT2D eigenvalue weighted by molar-refractivity contribution is 7.89. The van der Waals surface area contributed by atoms with Gasteiger partial charge in [-0.25, -0.2) is 13.2 Å². The largest absolute Gasteiger partial charge is 0.465 e. The Balaban J connectivity index is 2.39. The van der Waals surface area contributed by atoms with E-state index in [1.54, 1.807) is 0 Å². The second kappa shape index (κ2) is 5.65. The number of sulfonamides is 1. The summed E-state index contributed by atoms with van der Waals surface area (Å²) in [5.41, 5.74) is 6.13. The van der Waals surface area contributed by atoms with Crippen LogP contribution in [0, 0.1) is 5.92 Å². The Kier molecular flexibility index (Phi) is 4.25. The molecule has 1 fully saturated rings. The molecule has 0 aromatic heterocycles. The lowest BCUT2D eigenvalue weighted by Crippen LogP contribution is -2.34. The number of nitrogens with two attached hydrogens (primary N) is 1. The Morgan fingerprint density at radius 3 is 2.52 bits per heavy atom. The maximum Gasteiger partial charge on any atom is 0.337 e. The van der Waals surface area contributed by atoms with E-state index in [2.05, 4.69) is 4.74 Å². The number of carbonyl (C=O) groups excluding carboxylic acids is 1. The summed E-state index contributed by atoms with van der Waals surface area (Å²) in [6.07, 6.45) is 0.833. The maximum absolute atomic E-state index is 12.7.